The molecule has 1 unspecified atom stereocenters. The average molecular weight is 320 g/mol. The van der Waals surface area contributed by atoms with Crippen molar-refractivity contribution in [1.29, 1.82) is 0 Å². The van der Waals surface area contributed by atoms with Crippen LogP contribution in [0.3, 0.4) is 0 Å². The molecule has 0 N–H and O–H groups in total. The molecule has 2 rings (SSSR count). The summed E-state index contributed by atoms with van der Waals surface area (Å²) in [6.07, 6.45) is -1.23. The highest BCUT2D eigenvalue weighted by Crippen LogP contribution is 2.23. The van der Waals surface area contributed by atoms with Gasteiger partial charge in [-0.05, 0) is 6.42 Å². The maximum Gasteiger partial charge on any atom is 0.408 e. The molecule has 9 heteroatoms. The Morgan fingerprint density at radius 3 is 2.95 bits per heavy atom. The van der Waals surface area contributed by atoms with Gasteiger partial charge in [-0.15, -0.1) is 0 Å². The van der Waals surface area contributed by atoms with Gasteiger partial charge in [0.2, 0.25) is 5.91 Å². The van der Waals surface area contributed by atoms with Crippen molar-refractivity contribution < 1.29 is 22.7 Å². The Balaban J connectivity index is 2.09. The van der Waals surface area contributed by atoms with Crippen LogP contribution in [-0.4, -0.2) is 51.5 Å². The average Bonchev–Trinajstić information content (AvgIpc) is 2.91. The fraction of sp³-hybridized carbons (Fsp3) is 0.769. The molecule has 1 atom stereocenters. The maximum atomic E-state index is 12.4. The van der Waals surface area contributed by atoms with Gasteiger partial charge in [-0.25, -0.2) is 9.67 Å². The minimum atomic E-state index is -4.36. The summed E-state index contributed by atoms with van der Waals surface area (Å²) >= 11 is 0. The largest absolute Gasteiger partial charge is 0.408 e. The van der Waals surface area contributed by atoms with Crippen molar-refractivity contribution in [1.82, 2.24) is 19.7 Å². The minimum absolute atomic E-state index is 0.0395. The van der Waals surface area contributed by atoms with Gasteiger partial charge in [-0.2, -0.15) is 18.3 Å². The molecule has 22 heavy (non-hydrogen) atoms. The quantitative estimate of drug-likeness (QED) is 0.832. The molecule has 0 spiro atoms. The number of morpholine rings is 1. The van der Waals surface area contributed by atoms with Crippen LogP contribution in [0.2, 0.25) is 0 Å². The van der Waals surface area contributed by atoms with E-state index in [1.54, 1.807) is 4.90 Å². The van der Waals surface area contributed by atoms with Crippen LogP contribution in [0.1, 0.15) is 38.1 Å². The number of halogens is 3. The van der Waals surface area contributed by atoms with Crippen LogP contribution in [0.15, 0.2) is 6.33 Å². The number of nitrogens with zero attached hydrogens (tertiary/aromatic N) is 4. The zero-order valence-corrected chi connectivity index (χ0v) is 12.3. The van der Waals surface area contributed by atoms with E-state index in [4.69, 9.17) is 4.74 Å². The number of alkyl halides is 3. The van der Waals surface area contributed by atoms with Crippen LogP contribution in [0.5, 0.6) is 0 Å². The van der Waals surface area contributed by atoms with Crippen molar-refractivity contribution in [2.45, 2.75) is 44.9 Å². The molecule has 124 valence electrons. The van der Waals surface area contributed by atoms with E-state index in [2.05, 4.69) is 10.1 Å². The van der Waals surface area contributed by atoms with Crippen molar-refractivity contribution in [3.8, 4) is 0 Å². The Bertz CT molecular complexity index is 504. The predicted molar refractivity (Wildman–Crippen MR) is 70.9 cm³/mol. The third-order valence-electron chi connectivity index (χ3n) is 3.39. The van der Waals surface area contributed by atoms with E-state index >= 15 is 0 Å². The predicted octanol–water partition coefficient (Wildman–Crippen LogP) is 1.93. The Labute approximate surface area is 126 Å². The summed E-state index contributed by atoms with van der Waals surface area (Å²) in [6, 6.07) is -0.521. The molecule has 0 saturated carbocycles. The number of ether oxygens (including phenoxy) is 1. The molecule has 1 saturated heterocycles. The van der Waals surface area contributed by atoms with E-state index in [-0.39, 0.29) is 18.3 Å². The number of carbonyl (C=O) groups is 1. The molecule has 1 fully saturated rings. The van der Waals surface area contributed by atoms with E-state index in [1.807, 2.05) is 6.92 Å². The lowest BCUT2D eigenvalue weighted by molar-refractivity contribution is -0.144. The number of hydrogen-bond acceptors (Lipinski definition) is 4. The second kappa shape index (κ2) is 7.08. The van der Waals surface area contributed by atoms with Gasteiger partial charge in [0, 0.05) is 13.0 Å². The summed E-state index contributed by atoms with van der Waals surface area (Å²) in [5.41, 5.74) is 0. The third-order valence-corrected chi connectivity index (χ3v) is 3.39. The summed E-state index contributed by atoms with van der Waals surface area (Å²) in [5.74, 6) is 0.149. The Morgan fingerprint density at radius 1 is 1.50 bits per heavy atom. The third kappa shape index (κ3) is 4.43. The molecule has 0 aliphatic carbocycles. The lowest BCUT2D eigenvalue weighted by Gasteiger charge is -2.34. The lowest BCUT2D eigenvalue weighted by Crippen LogP contribution is -2.43. The van der Waals surface area contributed by atoms with Crippen molar-refractivity contribution >= 4 is 5.91 Å². The number of unbranched alkanes of at least 4 members (excludes halogenated alkanes) is 1. The second-order valence-corrected chi connectivity index (χ2v) is 5.20. The van der Waals surface area contributed by atoms with E-state index in [1.165, 1.54) is 0 Å². The summed E-state index contributed by atoms with van der Waals surface area (Å²) in [5, 5.41) is 3.84. The van der Waals surface area contributed by atoms with Gasteiger partial charge in [0.25, 0.3) is 0 Å². The SMILES string of the molecule is CCCCC(=O)N1CCOCC1c1ncn(CC(F)(F)F)n1. The van der Waals surface area contributed by atoms with Gasteiger partial charge in [0.1, 0.15) is 18.9 Å². The number of hydrogen-bond donors (Lipinski definition) is 0. The van der Waals surface area contributed by atoms with Gasteiger partial charge < -0.3 is 9.64 Å². The molecule has 1 aromatic heterocycles. The molecule has 1 aliphatic heterocycles. The first-order valence-corrected chi connectivity index (χ1v) is 7.24. The van der Waals surface area contributed by atoms with E-state index in [9.17, 15) is 18.0 Å². The van der Waals surface area contributed by atoms with Crippen LogP contribution in [-0.2, 0) is 16.1 Å². The van der Waals surface area contributed by atoms with Crippen LogP contribution in [0.4, 0.5) is 13.2 Å². The molecular formula is C13H19F3N4O2. The molecule has 1 amide bonds. The van der Waals surface area contributed by atoms with Crippen LogP contribution >= 0.6 is 0 Å². The summed E-state index contributed by atoms with van der Waals surface area (Å²) in [6.45, 7) is 1.81. The van der Waals surface area contributed by atoms with Crippen LogP contribution in [0, 0.1) is 0 Å². The number of aromatic nitrogens is 3. The monoisotopic (exact) mass is 320 g/mol. The van der Waals surface area contributed by atoms with Crippen molar-refractivity contribution in [2.24, 2.45) is 0 Å². The highest BCUT2D eigenvalue weighted by molar-refractivity contribution is 5.76. The fourth-order valence-electron chi connectivity index (χ4n) is 2.31. The molecule has 1 aliphatic rings. The Hall–Kier alpha value is -1.64. The van der Waals surface area contributed by atoms with Gasteiger partial charge in [0.05, 0.1) is 13.2 Å². The number of carbonyl (C=O) groups excluding carboxylic acids is 1. The lowest BCUT2D eigenvalue weighted by atomic mass is 10.1. The van der Waals surface area contributed by atoms with Crippen molar-refractivity contribution in [2.75, 3.05) is 19.8 Å². The minimum Gasteiger partial charge on any atom is -0.377 e. The van der Waals surface area contributed by atoms with E-state index < -0.39 is 18.8 Å². The van der Waals surface area contributed by atoms with Gasteiger partial charge in [-0.3, -0.25) is 4.79 Å². The maximum absolute atomic E-state index is 12.4. The first kappa shape index (κ1) is 16.7. The van der Waals surface area contributed by atoms with Gasteiger partial charge in [-0.1, -0.05) is 13.3 Å². The zero-order chi connectivity index (χ0) is 16.2. The highest BCUT2D eigenvalue weighted by Gasteiger charge is 2.33. The zero-order valence-electron chi connectivity index (χ0n) is 12.3. The van der Waals surface area contributed by atoms with E-state index in [0.29, 0.717) is 19.6 Å². The molecule has 0 radical (unpaired) electrons. The first-order chi connectivity index (χ1) is 10.4. The standard InChI is InChI=1S/C13H19F3N4O2/c1-2-3-4-11(21)20-5-6-22-7-10(20)12-17-9-19(18-12)8-13(14,15)16/h9-10H,2-8H2,1H3. The highest BCUT2D eigenvalue weighted by atomic mass is 19.4. The molecule has 1 aromatic rings. The smallest absolute Gasteiger partial charge is 0.377 e. The molecule has 0 aromatic carbocycles. The molecule has 2 heterocycles. The van der Waals surface area contributed by atoms with Gasteiger partial charge >= 0.3 is 6.18 Å². The van der Waals surface area contributed by atoms with Gasteiger partial charge in [0.15, 0.2) is 5.82 Å². The fourth-order valence-corrected chi connectivity index (χ4v) is 2.31. The molecular weight excluding hydrogens is 301 g/mol. The molecule has 6 nitrogen and oxygen atoms in total. The summed E-state index contributed by atoms with van der Waals surface area (Å²) in [7, 11) is 0. The topological polar surface area (TPSA) is 60.3 Å². The Kier molecular flexibility index (Phi) is 5.38. The van der Waals surface area contributed by atoms with Crippen LogP contribution < -0.4 is 0 Å². The van der Waals surface area contributed by atoms with Crippen LogP contribution in [0.25, 0.3) is 0 Å². The second-order valence-electron chi connectivity index (χ2n) is 5.20. The van der Waals surface area contributed by atoms with Crippen molar-refractivity contribution in [3.63, 3.8) is 0 Å². The number of amides is 1. The van der Waals surface area contributed by atoms with Crippen molar-refractivity contribution in [3.05, 3.63) is 12.2 Å². The molecule has 0 bridgehead atoms. The first-order valence-electron chi connectivity index (χ1n) is 7.24. The van der Waals surface area contributed by atoms with E-state index in [0.717, 1.165) is 23.9 Å². The summed E-state index contributed by atoms with van der Waals surface area (Å²) < 4.78 is 43.1. The number of rotatable bonds is 5. The normalized spacial score (nSPS) is 19.5. The summed E-state index contributed by atoms with van der Waals surface area (Å²) in [4.78, 5) is 17.7. The Morgan fingerprint density at radius 2 is 2.27 bits per heavy atom.